The third-order valence-corrected chi connectivity index (χ3v) is 4.65. The molecule has 0 radical (unpaired) electrons. The van der Waals surface area contributed by atoms with Crippen molar-refractivity contribution in [2.45, 2.75) is 19.3 Å². The predicted octanol–water partition coefficient (Wildman–Crippen LogP) is 4.01. The summed E-state index contributed by atoms with van der Waals surface area (Å²) in [7, 11) is 0. The Balaban J connectivity index is 1.98. The van der Waals surface area contributed by atoms with Gasteiger partial charge in [-0.05, 0) is 17.7 Å². The van der Waals surface area contributed by atoms with Crippen molar-refractivity contribution in [2.75, 3.05) is 11.9 Å². The molecule has 1 heterocycles. The van der Waals surface area contributed by atoms with Gasteiger partial charge in [0.15, 0.2) is 0 Å². The molecule has 140 valence electrons. The first-order chi connectivity index (χ1) is 12.7. The van der Waals surface area contributed by atoms with Crippen molar-refractivity contribution in [3.63, 3.8) is 0 Å². The number of aromatic nitrogens is 2. The molecule has 9 heteroatoms. The van der Waals surface area contributed by atoms with Crippen molar-refractivity contribution in [3.05, 3.63) is 73.5 Å². The van der Waals surface area contributed by atoms with Crippen LogP contribution in [0.3, 0.4) is 0 Å². The summed E-state index contributed by atoms with van der Waals surface area (Å²) in [5.41, 5.74) is -0.529. The van der Waals surface area contributed by atoms with Crippen LogP contribution in [0.1, 0.15) is 19.4 Å². The summed E-state index contributed by atoms with van der Waals surface area (Å²) in [6.07, 6.45) is 1.23. The highest BCUT2D eigenvalue weighted by atomic mass is 35.5. The van der Waals surface area contributed by atoms with Gasteiger partial charge < -0.3 is 10.3 Å². The molecule has 0 bridgehead atoms. The Morgan fingerprint density at radius 1 is 1.37 bits per heavy atom. The molecule has 2 aromatic carbocycles. The number of fused-ring (bicyclic) bond motifs is 1. The second-order valence-electron chi connectivity index (χ2n) is 6.71. The average molecular weight is 391 g/mol. The number of nitro benzene ring substituents is 1. The first kappa shape index (κ1) is 18.8. The summed E-state index contributed by atoms with van der Waals surface area (Å²) in [6.45, 7) is 3.79. The highest BCUT2D eigenvalue weighted by molar-refractivity contribution is 6.30. The van der Waals surface area contributed by atoms with Crippen molar-refractivity contribution >= 4 is 33.9 Å². The highest BCUT2D eigenvalue weighted by Crippen LogP contribution is 2.32. The lowest BCUT2D eigenvalue weighted by molar-refractivity contribution is -0.383. The van der Waals surface area contributed by atoms with E-state index < -0.39 is 21.7 Å². The van der Waals surface area contributed by atoms with E-state index in [4.69, 9.17) is 11.6 Å². The van der Waals surface area contributed by atoms with Crippen molar-refractivity contribution in [1.29, 1.82) is 0 Å². The number of rotatable bonds is 5. The van der Waals surface area contributed by atoms with Gasteiger partial charge in [0.2, 0.25) is 0 Å². The first-order valence-corrected chi connectivity index (χ1v) is 8.43. The number of hydrogen-bond donors (Lipinski definition) is 2. The molecule has 0 aliphatic heterocycles. The fourth-order valence-corrected chi connectivity index (χ4v) is 3.01. The molecule has 7 nitrogen and oxygen atoms in total. The fraction of sp³-hybridized carbons (Fsp3) is 0.222. The monoisotopic (exact) mass is 390 g/mol. The SMILES string of the molecule is CC(C)(CNc1cc2nc[nH]c(=O)c2cc1[N+](=O)[O-])c1cccc(Cl)c1F. The number of benzene rings is 2. The van der Waals surface area contributed by atoms with E-state index in [1.54, 1.807) is 26.0 Å². The Hall–Kier alpha value is -3.00. The summed E-state index contributed by atoms with van der Waals surface area (Å²) in [5.74, 6) is -0.521. The van der Waals surface area contributed by atoms with Gasteiger partial charge in [0.25, 0.3) is 11.2 Å². The standard InChI is InChI=1S/C18H16ClFN4O3/c1-18(2,11-4-3-5-12(19)16(11)20)8-21-14-7-13-10(6-15(14)24(26)27)17(25)23-9-22-13/h3-7,9,21H,8H2,1-2H3,(H,22,23,25). The number of anilines is 1. The van der Waals surface area contributed by atoms with Crippen LogP contribution >= 0.6 is 11.6 Å². The molecule has 0 fully saturated rings. The first-order valence-electron chi connectivity index (χ1n) is 8.05. The molecule has 0 saturated heterocycles. The smallest absolute Gasteiger partial charge is 0.293 e. The van der Waals surface area contributed by atoms with Gasteiger partial charge in [-0.15, -0.1) is 0 Å². The highest BCUT2D eigenvalue weighted by Gasteiger charge is 2.27. The summed E-state index contributed by atoms with van der Waals surface area (Å²) < 4.78 is 14.4. The molecule has 0 amide bonds. The average Bonchev–Trinajstić information content (AvgIpc) is 2.61. The van der Waals surface area contributed by atoms with Crippen LogP contribution < -0.4 is 10.9 Å². The number of nitrogens with zero attached hydrogens (tertiary/aromatic N) is 2. The molecule has 0 atom stereocenters. The summed E-state index contributed by atoms with van der Waals surface area (Å²) in [5, 5.41) is 14.5. The van der Waals surface area contributed by atoms with Gasteiger partial charge in [-0.3, -0.25) is 14.9 Å². The second-order valence-corrected chi connectivity index (χ2v) is 7.12. The molecule has 3 rings (SSSR count). The topological polar surface area (TPSA) is 101 Å². The van der Waals surface area contributed by atoms with Crippen molar-refractivity contribution in [1.82, 2.24) is 9.97 Å². The molecule has 0 aliphatic carbocycles. The summed E-state index contributed by atoms with van der Waals surface area (Å²) in [6, 6.07) is 7.35. The van der Waals surface area contributed by atoms with Crippen molar-refractivity contribution in [3.8, 4) is 0 Å². The van der Waals surface area contributed by atoms with E-state index in [2.05, 4.69) is 15.3 Å². The molecule has 27 heavy (non-hydrogen) atoms. The number of H-pyrrole nitrogens is 1. The molecule has 0 spiro atoms. The van der Waals surface area contributed by atoms with E-state index in [0.717, 1.165) is 0 Å². The molecular weight excluding hydrogens is 375 g/mol. The Bertz CT molecular complexity index is 1100. The van der Waals surface area contributed by atoms with Crippen LogP contribution in [0.2, 0.25) is 5.02 Å². The van der Waals surface area contributed by atoms with Gasteiger partial charge in [0.05, 0.1) is 27.2 Å². The lowest BCUT2D eigenvalue weighted by Crippen LogP contribution is -2.29. The van der Waals surface area contributed by atoms with Crippen LogP contribution in [0, 0.1) is 15.9 Å². The van der Waals surface area contributed by atoms with Crippen molar-refractivity contribution in [2.24, 2.45) is 0 Å². The number of nitrogens with one attached hydrogen (secondary N) is 2. The van der Waals surface area contributed by atoms with E-state index in [1.165, 1.54) is 24.5 Å². The van der Waals surface area contributed by atoms with E-state index in [9.17, 15) is 19.3 Å². The number of nitro groups is 1. The van der Waals surface area contributed by atoms with Gasteiger partial charge in [0.1, 0.15) is 11.5 Å². The normalized spacial score (nSPS) is 11.6. The molecule has 0 aliphatic rings. The Labute approximate surface area is 158 Å². The third-order valence-electron chi connectivity index (χ3n) is 4.36. The van der Waals surface area contributed by atoms with E-state index >= 15 is 0 Å². The van der Waals surface area contributed by atoms with Crippen LogP contribution in [-0.2, 0) is 5.41 Å². The second kappa shape index (κ2) is 6.96. The molecule has 2 N–H and O–H groups in total. The summed E-state index contributed by atoms with van der Waals surface area (Å²) >= 11 is 5.86. The van der Waals surface area contributed by atoms with Gasteiger partial charge in [-0.1, -0.05) is 37.6 Å². The fourth-order valence-electron chi connectivity index (χ4n) is 2.83. The summed E-state index contributed by atoms with van der Waals surface area (Å²) in [4.78, 5) is 29.1. The Morgan fingerprint density at radius 2 is 2.11 bits per heavy atom. The Morgan fingerprint density at radius 3 is 2.81 bits per heavy atom. The van der Waals surface area contributed by atoms with Crippen LogP contribution in [0.25, 0.3) is 10.9 Å². The molecule has 0 saturated carbocycles. The molecular formula is C18H16ClFN4O3. The zero-order valence-electron chi connectivity index (χ0n) is 14.5. The van der Waals surface area contributed by atoms with E-state index in [-0.39, 0.29) is 28.3 Å². The lowest BCUT2D eigenvalue weighted by atomic mass is 9.84. The minimum absolute atomic E-state index is 0.0145. The number of aromatic amines is 1. The van der Waals surface area contributed by atoms with Gasteiger partial charge in [-0.2, -0.15) is 0 Å². The van der Waals surface area contributed by atoms with Crippen molar-refractivity contribution < 1.29 is 9.31 Å². The van der Waals surface area contributed by atoms with Gasteiger partial charge >= 0.3 is 0 Å². The zero-order valence-corrected chi connectivity index (χ0v) is 15.3. The number of halogens is 2. The maximum atomic E-state index is 14.4. The minimum Gasteiger partial charge on any atom is -0.379 e. The van der Waals surface area contributed by atoms with Crippen LogP contribution in [0.5, 0.6) is 0 Å². The quantitative estimate of drug-likeness (QED) is 0.506. The molecule has 3 aromatic rings. The van der Waals surface area contributed by atoms with Crippen LogP contribution in [0.4, 0.5) is 15.8 Å². The Kier molecular flexibility index (Phi) is 4.84. The maximum absolute atomic E-state index is 14.4. The zero-order chi connectivity index (χ0) is 19.8. The van der Waals surface area contributed by atoms with Gasteiger partial charge in [0, 0.05) is 18.0 Å². The molecule has 0 unspecified atom stereocenters. The minimum atomic E-state index is -0.709. The maximum Gasteiger partial charge on any atom is 0.293 e. The lowest BCUT2D eigenvalue weighted by Gasteiger charge is -2.27. The third kappa shape index (κ3) is 3.61. The van der Waals surface area contributed by atoms with Crippen LogP contribution in [-0.4, -0.2) is 21.4 Å². The van der Waals surface area contributed by atoms with Gasteiger partial charge in [-0.25, -0.2) is 9.37 Å². The molecule has 1 aromatic heterocycles. The van der Waals surface area contributed by atoms with E-state index in [0.29, 0.717) is 11.1 Å². The predicted molar refractivity (Wildman–Crippen MR) is 102 cm³/mol. The van der Waals surface area contributed by atoms with E-state index in [1.807, 2.05) is 0 Å². The van der Waals surface area contributed by atoms with Crippen LogP contribution in [0.15, 0.2) is 41.5 Å². The number of hydrogen-bond acceptors (Lipinski definition) is 5. The largest absolute Gasteiger partial charge is 0.379 e.